The first-order chi connectivity index (χ1) is 3.84. The highest BCUT2D eigenvalue weighted by atomic mass is 79.9. The van der Waals surface area contributed by atoms with Gasteiger partial charge in [-0.25, -0.2) is 4.99 Å². The molecule has 0 bridgehead atoms. The summed E-state index contributed by atoms with van der Waals surface area (Å²) in [5.41, 5.74) is 0.921. The predicted octanol–water partition coefficient (Wildman–Crippen LogP) is -4.62. The van der Waals surface area contributed by atoms with E-state index >= 15 is 0 Å². The van der Waals surface area contributed by atoms with Gasteiger partial charge in [0.1, 0.15) is 6.61 Å². The lowest BCUT2D eigenvalue weighted by molar-refractivity contribution is -0.728. The van der Waals surface area contributed by atoms with E-state index in [-0.39, 0.29) is 23.6 Å². The summed E-state index contributed by atoms with van der Waals surface area (Å²) in [5, 5.41) is 8.57. The topological polar surface area (TPSA) is 37.0 Å². The molecule has 2 N–H and O–H groups in total. The van der Waals surface area contributed by atoms with Crippen molar-refractivity contribution < 1.29 is 27.0 Å². The smallest absolute Gasteiger partial charge is 0.193 e. The van der Waals surface area contributed by atoms with Gasteiger partial charge in [0.05, 0.1) is 13.2 Å². The number of hydrogen-bond donors (Lipinski definition) is 2. The molecule has 1 rings (SSSR count). The van der Waals surface area contributed by atoms with Crippen molar-refractivity contribution in [3.8, 4) is 0 Å². The molecule has 1 aliphatic heterocycles. The molecule has 0 aromatic rings. The molecule has 1 heterocycles. The third-order valence-corrected chi connectivity index (χ3v) is 1.18. The number of quaternary nitrogens is 1. The summed E-state index contributed by atoms with van der Waals surface area (Å²) >= 11 is 0. The van der Waals surface area contributed by atoms with Crippen molar-refractivity contribution in [1.29, 1.82) is 0 Å². The van der Waals surface area contributed by atoms with Gasteiger partial charge in [-0.2, -0.15) is 0 Å². The Morgan fingerprint density at radius 2 is 2.44 bits per heavy atom. The van der Waals surface area contributed by atoms with E-state index in [4.69, 9.17) is 5.11 Å². The molecular formula is C5H9BrN2O. The van der Waals surface area contributed by atoms with E-state index in [1.54, 1.807) is 12.5 Å². The maximum Gasteiger partial charge on any atom is 0.193 e. The molecule has 0 saturated carbocycles. The van der Waals surface area contributed by atoms with Crippen molar-refractivity contribution in [2.75, 3.05) is 13.7 Å². The standard InChI is InChI=1S/C5H8N2O.BrH/c1-7-4-6-2-5(7)3-8;/h2,4,8H,3H2,1H3;1H. The lowest BCUT2D eigenvalue weighted by Gasteiger charge is -2.00. The lowest BCUT2D eigenvalue weighted by atomic mass is 10.5. The Labute approximate surface area is 64.5 Å². The zero-order chi connectivity index (χ0) is 5.98. The van der Waals surface area contributed by atoms with Crippen molar-refractivity contribution in [2.24, 2.45) is 4.99 Å². The molecule has 1 atom stereocenters. The largest absolute Gasteiger partial charge is 1.00 e. The molecule has 1 aliphatic rings. The van der Waals surface area contributed by atoms with Crippen LogP contribution in [0.3, 0.4) is 0 Å². The van der Waals surface area contributed by atoms with Crippen LogP contribution < -0.4 is 21.9 Å². The normalized spacial score (nSPS) is 23.3. The van der Waals surface area contributed by atoms with Gasteiger partial charge in [0.2, 0.25) is 0 Å². The van der Waals surface area contributed by atoms with Gasteiger partial charge in [-0.05, 0) is 0 Å². The number of hydrogen-bond acceptors (Lipinski definition) is 2. The first-order valence-electron chi connectivity index (χ1n) is 2.51. The van der Waals surface area contributed by atoms with E-state index in [1.807, 2.05) is 7.05 Å². The highest BCUT2D eigenvalue weighted by molar-refractivity contribution is 5.48. The number of rotatable bonds is 1. The maximum atomic E-state index is 8.57. The van der Waals surface area contributed by atoms with Crippen molar-refractivity contribution >= 4 is 6.34 Å². The maximum absolute atomic E-state index is 8.57. The number of halogens is 1. The Kier molecular flexibility index (Phi) is 3.68. The SMILES string of the molecule is C[NH+]1C=NC=C1CO.[Br-]. The summed E-state index contributed by atoms with van der Waals surface area (Å²) in [6.07, 6.45) is 3.42. The van der Waals surface area contributed by atoms with E-state index in [0.717, 1.165) is 10.6 Å². The van der Waals surface area contributed by atoms with E-state index in [0.29, 0.717) is 0 Å². The van der Waals surface area contributed by atoms with Crippen molar-refractivity contribution in [3.63, 3.8) is 0 Å². The number of aliphatic imine (C=N–C) groups is 1. The molecular weight excluding hydrogens is 184 g/mol. The monoisotopic (exact) mass is 192 g/mol. The third-order valence-electron chi connectivity index (χ3n) is 1.18. The van der Waals surface area contributed by atoms with Gasteiger partial charge >= 0.3 is 0 Å². The second kappa shape index (κ2) is 3.76. The van der Waals surface area contributed by atoms with E-state index in [9.17, 15) is 0 Å². The molecule has 0 aromatic heterocycles. The molecule has 0 aliphatic carbocycles. The van der Waals surface area contributed by atoms with E-state index in [1.165, 1.54) is 0 Å². The van der Waals surface area contributed by atoms with Gasteiger partial charge in [-0.15, -0.1) is 0 Å². The van der Waals surface area contributed by atoms with Crippen LogP contribution in [-0.2, 0) is 0 Å². The minimum Gasteiger partial charge on any atom is -1.00 e. The van der Waals surface area contributed by atoms with Gasteiger partial charge in [0, 0.05) is 0 Å². The Morgan fingerprint density at radius 3 is 2.67 bits per heavy atom. The second-order valence-electron chi connectivity index (χ2n) is 1.77. The Morgan fingerprint density at radius 1 is 1.78 bits per heavy atom. The fourth-order valence-corrected chi connectivity index (χ4v) is 0.589. The average Bonchev–Trinajstić information content (AvgIpc) is 2.14. The molecule has 0 amide bonds. The molecule has 0 aromatic carbocycles. The Hall–Kier alpha value is -0.190. The van der Waals surface area contributed by atoms with Crippen molar-refractivity contribution in [1.82, 2.24) is 0 Å². The molecule has 1 unspecified atom stereocenters. The quantitative estimate of drug-likeness (QED) is 0.432. The summed E-state index contributed by atoms with van der Waals surface area (Å²) in [7, 11) is 1.93. The van der Waals surface area contributed by atoms with Crippen molar-refractivity contribution in [2.45, 2.75) is 0 Å². The molecule has 9 heavy (non-hydrogen) atoms. The van der Waals surface area contributed by atoms with E-state index < -0.39 is 0 Å². The third kappa shape index (κ3) is 1.89. The summed E-state index contributed by atoms with van der Waals surface area (Å²) in [6, 6.07) is 0. The molecule has 0 radical (unpaired) electrons. The van der Waals surface area contributed by atoms with Crippen LogP contribution in [0.15, 0.2) is 16.9 Å². The molecule has 0 spiro atoms. The first-order valence-corrected chi connectivity index (χ1v) is 2.51. The second-order valence-corrected chi connectivity index (χ2v) is 1.77. The van der Waals surface area contributed by atoms with Crippen LogP contribution in [0, 0.1) is 0 Å². The number of aliphatic hydroxyl groups is 1. The molecule has 4 heteroatoms. The van der Waals surface area contributed by atoms with Crippen LogP contribution in [0.5, 0.6) is 0 Å². The van der Waals surface area contributed by atoms with Gasteiger partial charge in [-0.3, -0.25) is 4.90 Å². The summed E-state index contributed by atoms with van der Waals surface area (Å²) < 4.78 is 0. The molecule has 52 valence electrons. The highest BCUT2D eigenvalue weighted by Gasteiger charge is 2.09. The summed E-state index contributed by atoms with van der Waals surface area (Å²) in [6.45, 7) is 0.103. The van der Waals surface area contributed by atoms with Gasteiger partial charge in [-0.1, -0.05) is 0 Å². The number of aliphatic hydroxyl groups excluding tert-OH is 1. The van der Waals surface area contributed by atoms with Gasteiger partial charge in [0.25, 0.3) is 0 Å². The zero-order valence-electron chi connectivity index (χ0n) is 5.13. The fraction of sp³-hybridized carbons (Fsp3) is 0.400. The summed E-state index contributed by atoms with van der Waals surface area (Å²) in [4.78, 5) is 4.90. The van der Waals surface area contributed by atoms with Gasteiger partial charge < -0.3 is 22.1 Å². The number of nitrogens with one attached hydrogen (secondary N) is 1. The van der Waals surface area contributed by atoms with Gasteiger partial charge in [0.15, 0.2) is 12.0 Å². The van der Waals surface area contributed by atoms with Crippen LogP contribution in [0.2, 0.25) is 0 Å². The molecule has 3 nitrogen and oxygen atoms in total. The van der Waals surface area contributed by atoms with Crippen LogP contribution in [0.4, 0.5) is 0 Å². The first kappa shape index (κ1) is 8.81. The number of likely N-dealkylation sites (N-methyl/N-ethyl adjacent to an activating group) is 1. The van der Waals surface area contributed by atoms with Crippen LogP contribution >= 0.6 is 0 Å². The molecule has 0 saturated heterocycles. The predicted molar refractivity (Wildman–Crippen MR) is 30.5 cm³/mol. The zero-order valence-corrected chi connectivity index (χ0v) is 6.72. The minimum atomic E-state index is 0. The minimum absolute atomic E-state index is 0. The van der Waals surface area contributed by atoms with Crippen LogP contribution in [0.1, 0.15) is 0 Å². The van der Waals surface area contributed by atoms with Crippen molar-refractivity contribution in [3.05, 3.63) is 11.9 Å². The van der Waals surface area contributed by atoms with Crippen LogP contribution in [-0.4, -0.2) is 25.1 Å². The van der Waals surface area contributed by atoms with E-state index in [2.05, 4.69) is 4.99 Å². The fourth-order valence-electron chi connectivity index (χ4n) is 0.589. The lowest BCUT2D eigenvalue weighted by Crippen LogP contribution is -3.05. The number of nitrogens with zero attached hydrogens (tertiary/aromatic N) is 1. The highest BCUT2D eigenvalue weighted by Crippen LogP contribution is 1.83. The Balaban J connectivity index is 0.000000640. The Bertz CT molecular complexity index is 144. The average molecular weight is 193 g/mol. The summed E-state index contributed by atoms with van der Waals surface area (Å²) in [5.74, 6) is 0. The molecule has 0 fully saturated rings. The van der Waals surface area contributed by atoms with Crippen LogP contribution in [0.25, 0.3) is 0 Å².